The molecule has 3 N–H and O–H groups in total. The standard InChI is InChI=1S/C8H13FN2/c1-4-7(9)5-8(10)6(2)11-3/h4-5,11H,2,10H2,1,3H3/b7-4+,8-5+. The zero-order chi connectivity index (χ0) is 8.85. The summed E-state index contributed by atoms with van der Waals surface area (Å²) in [4.78, 5) is 0. The highest BCUT2D eigenvalue weighted by Gasteiger charge is 1.94. The van der Waals surface area contributed by atoms with Gasteiger partial charge in [-0.15, -0.1) is 0 Å². The van der Waals surface area contributed by atoms with Gasteiger partial charge in [-0.25, -0.2) is 4.39 Å². The molecule has 0 rings (SSSR count). The molecule has 0 aliphatic carbocycles. The van der Waals surface area contributed by atoms with Crippen molar-refractivity contribution in [2.45, 2.75) is 6.92 Å². The van der Waals surface area contributed by atoms with Crippen LogP contribution in [0.5, 0.6) is 0 Å². The predicted octanol–water partition coefficient (Wildman–Crippen LogP) is 1.44. The minimum Gasteiger partial charge on any atom is -0.397 e. The van der Waals surface area contributed by atoms with Crippen LogP contribution in [0.25, 0.3) is 0 Å². The Morgan fingerprint density at radius 1 is 1.64 bits per heavy atom. The molecule has 0 saturated carbocycles. The zero-order valence-electron chi connectivity index (χ0n) is 6.82. The third-order valence-corrected chi connectivity index (χ3v) is 1.22. The van der Waals surface area contributed by atoms with Crippen LogP contribution in [-0.4, -0.2) is 7.05 Å². The zero-order valence-corrected chi connectivity index (χ0v) is 6.82. The number of nitrogens with one attached hydrogen (secondary N) is 1. The first-order chi connectivity index (χ1) is 5.11. The first-order valence-electron chi connectivity index (χ1n) is 3.27. The molecule has 11 heavy (non-hydrogen) atoms. The second-order valence-corrected chi connectivity index (χ2v) is 2.00. The molecular formula is C8H13FN2. The Balaban J connectivity index is 4.34. The lowest BCUT2D eigenvalue weighted by Gasteiger charge is -2.02. The second kappa shape index (κ2) is 4.55. The van der Waals surface area contributed by atoms with E-state index < -0.39 is 0 Å². The molecule has 0 aliphatic heterocycles. The summed E-state index contributed by atoms with van der Waals surface area (Å²) in [6.45, 7) is 5.16. The van der Waals surface area contributed by atoms with Crippen LogP contribution in [0.2, 0.25) is 0 Å². The van der Waals surface area contributed by atoms with E-state index in [2.05, 4.69) is 11.9 Å². The Morgan fingerprint density at radius 3 is 2.55 bits per heavy atom. The molecule has 0 aliphatic rings. The number of hydrogen-bond donors (Lipinski definition) is 2. The Bertz CT molecular complexity index is 204. The molecule has 0 heterocycles. The van der Waals surface area contributed by atoms with E-state index in [0.717, 1.165) is 0 Å². The summed E-state index contributed by atoms with van der Waals surface area (Å²) in [6, 6.07) is 0. The Hall–Kier alpha value is -1.25. The molecule has 0 amide bonds. The molecule has 0 spiro atoms. The molecule has 0 atom stereocenters. The van der Waals surface area contributed by atoms with E-state index in [1.165, 1.54) is 12.2 Å². The SMILES string of the molecule is C=C(NC)/C(N)=C\C(F)=C/C. The van der Waals surface area contributed by atoms with Crippen molar-refractivity contribution in [2.24, 2.45) is 5.73 Å². The lowest BCUT2D eigenvalue weighted by Crippen LogP contribution is -2.12. The molecule has 0 aromatic carbocycles. The number of rotatable bonds is 3. The summed E-state index contributed by atoms with van der Waals surface area (Å²) in [5.74, 6) is -0.362. The van der Waals surface area contributed by atoms with Gasteiger partial charge >= 0.3 is 0 Å². The summed E-state index contributed by atoms with van der Waals surface area (Å²) in [6.07, 6.45) is 2.55. The van der Waals surface area contributed by atoms with Crippen molar-refractivity contribution < 1.29 is 4.39 Å². The lowest BCUT2D eigenvalue weighted by atomic mass is 10.3. The van der Waals surface area contributed by atoms with E-state index in [4.69, 9.17) is 5.73 Å². The summed E-state index contributed by atoms with van der Waals surface area (Å²) in [5.41, 5.74) is 6.25. The van der Waals surface area contributed by atoms with Crippen molar-refractivity contribution in [3.8, 4) is 0 Å². The van der Waals surface area contributed by atoms with E-state index in [1.54, 1.807) is 14.0 Å². The third kappa shape index (κ3) is 3.45. The van der Waals surface area contributed by atoms with Crippen molar-refractivity contribution in [3.05, 3.63) is 36.0 Å². The van der Waals surface area contributed by atoms with Crippen molar-refractivity contribution in [2.75, 3.05) is 7.05 Å². The number of hydrogen-bond acceptors (Lipinski definition) is 2. The maximum absolute atomic E-state index is 12.5. The molecule has 0 bridgehead atoms. The van der Waals surface area contributed by atoms with Gasteiger partial charge in [-0.05, 0) is 13.0 Å². The van der Waals surface area contributed by atoms with E-state index >= 15 is 0 Å². The lowest BCUT2D eigenvalue weighted by molar-refractivity contribution is 0.662. The fraction of sp³-hybridized carbons (Fsp3) is 0.250. The largest absolute Gasteiger partial charge is 0.397 e. The molecule has 2 nitrogen and oxygen atoms in total. The summed E-state index contributed by atoms with van der Waals surface area (Å²) in [7, 11) is 1.68. The van der Waals surface area contributed by atoms with Crippen LogP contribution in [0.15, 0.2) is 36.0 Å². The van der Waals surface area contributed by atoms with E-state index in [9.17, 15) is 4.39 Å². The van der Waals surface area contributed by atoms with Gasteiger partial charge in [0.05, 0.1) is 5.70 Å². The Morgan fingerprint density at radius 2 is 2.18 bits per heavy atom. The molecule has 0 aromatic rings. The highest BCUT2D eigenvalue weighted by Crippen LogP contribution is 2.03. The van der Waals surface area contributed by atoms with Crippen molar-refractivity contribution in [1.29, 1.82) is 0 Å². The smallest absolute Gasteiger partial charge is 0.121 e. The van der Waals surface area contributed by atoms with Gasteiger partial charge in [0.15, 0.2) is 0 Å². The van der Waals surface area contributed by atoms with E-state index in [1.807, 2.05) is 0 Å². The van der Waals surface area contributed by atoms with Gasteiger partial charge < -0.3 is 11.1 Å². The van der Waals surface area contributed by atoms with Gasteiger partial charge in [0.1, 0.15) is 5.83 Å². The Labute approximate surface area is 66.3 Å². The molecule has 0 saturated heterocycles. The van der Waals surface area contributed by atoms with Crippen LogP contribution in [0.4, 0.5) is 4.39 Å². The minimum atomic E-state index is -0.362. The summed E-state index contributed by atoms with van der Waals surface area (Å²) in [5, 5.41) is 2.71. The molecular weight excluding hydrogens is 143 g/mol. The third-order valence-electron chi connectivity index (χ3n) is 1.22. The van der Waals surface area contributed by atoms with Gasteiger partial charge in [-0.3, -0.25) is 0 Å². The van der Waals surface area contributed by atoms with Gasteiger partial charge in [0, 0.05) is 12.7 Å². The molecule has 0 radical (unpaired) electrons. The number of allylic oxidation sites excluding steroid dienone is 3. The Kier molecular flexibility index (Phi) is 4.03. The minimum absolute atomic E-state index is 0.308. The van der Waals surface area contributed by atoms with Crippen molar-refractivity contribution in [1.82, 2.24) is 5.32 Å². The topological polar surface area (TPSA) is 38.0 Å². The first kappa shape index (κ1) is 9.75. The van der Waals surface area contributed by atoms with Crippen LogP contribution in [0.3, 0.4) is 0 Å². The highest BCUT2D eigenvalue weighted by molar-refractivity contribution is 5.29. The van der Waals surface area contributed by atoms with Crippen LogP contribution < -0.4 is 11.1 Å². The van der Waals surface area contributed by atoms with E-state index in [0.29, 0.717) is 11.4 Å². The normalized spacial score (nSPS) is 13.0. The number of halogens is 1. The molecule has 0 fully saturated rings. The average molecular weight is 156 g/mol. The average Bonchev–Trinajstić information content (AvgIpc) is 2.02. The maximum atomic E-state index is 12.5. The first-order valence-corrected chi connectivity index (χ1v) is 3.27. The fourth-order valence-corrected chi connectivity index (χ4v) is 0.463. The van der Waals surface area contributed by atoms with Gasteiger partial charge in [-0.2, -0.15) is 0 Å². The molecule has 3 heteroatoms. The van der Waals surface area contributed by atoms with Gasteiger partial charge in [0.25, 0.3) is 0 Å². The number of likely N-dealkylation sites (N-methyl/N-ethyl adjacent to an activating group) is 1. The van der Waals surface area contributed by atoms with Gasteiger partial charge in [-0.1, -0.05) is 12.7 Å². The quantitative estimate of drug-likeness (QED) is 0.607. The maximum Gasteiger partial charge on any atom is 0.121 e. The van der Waals surface area contributed by atoms with Crippen molar-refractivity contribution in [3.63, 3.8) is 0 Å². The van der Waals surface area contributed by atoms with Crippen molar-refractivity contribution >= 4 is 0 Å². The van der Waals surface area contributed by atoms with E-state index in [-0.39, 0.29) is 5.83 Å². The molecule has 0 aromatic heterocycles. The predicted molar refractivity (Wildman–Crippen MR) is 45.3 cm³/mol. The highest BCUT2D eigenvalue weighted by atomic mass is 19.1. The molecule has 62 valence electrons. The van der Waals surface area contributed by atoms with Crippen LogP contribution >= 0.6 is 0 Å². The van der Waals surface area contributed by atoms with Gasteiger partial charge in [0.2, 0.25) is 0 Å². The van der Waals surface area contributed by atoms with Crippen LogP contribution in [0.1, 0.15) is 6.92 Å². The summed E-state index contributed by atoms with van der Waals surface area (Å²) < 4.78 is 12.5. The van der Waals surface area contributed by atoms with Crippen LogP contribution in [-0.2, 0) is 0 Å². The second-order valence-electron chi connectivity index (χ2n) is 2.00. The monoisotopic (exact) mass is 156 g/mol. The summed E-state index contributed by atoms with van der Waals surface area (Å²) >= 11 is 0. The molecule has 0 unspecified atom stereocenters. The number of nitrogens with two attached hydrogens (primary N) is 1. The fourth-order valence-electron chi connectivity index (χ4n) is 0.463. The van der Waals surface area contributed by atoms with Crippen LogP contribution in [0, 0.1) is 0 Å².